The molecule has 0 aromatic heterocycles. The Balaban J connectivity index is 0.00000134. The van der Waals surface area contributed by atoms with Gasteiger partial charge < -0.3 is 9.80 Å². The van der Waals surface area contributed by atoms with E-state index in [1.165, 1.54) is 0 Å². The molecular formula is C21H42N2O2. The van der Waals surface area contributed by atoms with Crippen molar-refractivity contribution < 1.29 is 9.59 Å². The zero-order valence-corrected chi connectivity index (χ0v) is 18.0. The minimum absolute atomic E-state index is 0.209. The Labute approximate surface area is 156 Å². The molecule has 1 aliphatic heterocycles. The van der Waals surface area contributed by atoms with E-state index in [1.807, 2.05) is 39.5 Å². The molecule has 2 aliphatic rings. The van der Waals surface area contributed by atoms with E-state index in [1.54, 1.807) is 6.92 Å². The molecule has 0 spiro atoms. The van der Waals surface area contributed by atoms with E-state index in [2.05, 4.69) is 19.0 Å². The molecule has 0 aromatic rings. The molecule has 0 N–H and O–H groups in total. The number of carbonyl (C=O) groups excluding carboxylic acids is 2. The fourth-order valence-corrected chi connectivity index (χ4v) is 3.67. The summed E-state index contributed by atoms with van der Waals surface area (Å²) in [6.45, 7) is 13.2. The highest BCUT2D eigenvalue weighted by Gasteiger charge is 2.37. The molecule has 0 radical (unpaired) electrons. The Morgan fingerprint density at radius 3 is 1.72 bits per heavy atom. The van der Waals surface area contributed by atoms with Gasteiger partial charge in [-0.2, -0.15) is 0 Å². The molecule has 1 saturated carbocycles. The van der Waals surface area contributed by atoms with E-state index in [0.717, 1.165) is 51.6 Å². The van der Waals surface area contributed by atoms with Gasteiger partial charge in [0.25, 0.3) is 0 Å². The van der Waals surface area contributed by atoms with Gasteiger partial charge in [-0.05, 0) is 59.5 Å². The molecular weight excluding hydrogens is 312 g/mol. The van der Waals surface area contributed by atoms with Gasteiger partial charge in [-0.1, -0.05) is 34.6 Å². The third-order valence-corrected chi connectivity index (χ3v) is 5.80. The van der Waals surface area contributed by atoms with Crippen LogP contribution in [0.25, 0.3) is 0 Å². The van der Waals surface area contributed by atoms with Gasteiger partial charge in [0.05, 0.1) is 0 Å². The van der Waals surface area contributed by atoms with Gasteiger partial charge in [0.2, 0.25) is 5.91 Å². The molecule has 2 fully saturated rings. The van der Waals surface area contributed by atoms with Crippen molar-refractivity contribution >= 4 is 11.7 Å². The van der Waals surface area contributed by atoms with Crippen LogP contribution >= 0.6 is 0 Å². The zero-order chi connectivity index (χ0) is 19.6. The molecule has 1 saturated heterocycles. The maximum Gasteiger partial charge on any atom is 0.225 e. The van der Waals surface area contributed by atoms with Crippen LogP contribution in [0.15, 0.2) is 0 Å². The molecule has 0 bridgehead atoms. The molecule has 0 unspecified atom stereocenters. The third-order valence-electron chi connectivity index (χ3n) is 5.80. The van der Waals surface area contributed by atoms with Crippen LogP contribution < -0.4 is 0 Å². The Hall–Kier alpha value is -0.900. The maximum absolute atomic E-state index is 12.6. The Kier molecular flexibility index (Phi) is 11.2. The SMILES string of the molecule is CC.CC.CC(=O)C1(C)CCN(C(=O)C2CCC(N(C)C)CC2)CC1. The van der Waals surface area contributed by atoms with Gasteiger partial charge in [0.1, 0.15) is 5.78 Å². The largest absolute Gasteiger partial charge is 0.342 e. The van der Waals surface area contributed by atoms with Gasteiger partial charge in [0.15, 0.2) is 0 Å². The summed E-state index contributed by atoms with van der Waals surface area (Å²) in [5.74, 6) is 0.807. The van der Waals surface area contributed by atoms with Gasteiger partial charge in [0, 0.05) is 30.5 Å². The summed E-state index contributed by atoms with van der Waals surface area (Å²) in [5.41, 5.74) is -0.209. The van der Waals surface area contributed by atoms with Crippen LogP contribution in [0.3, 0.4) is 0 Å². The van der Waals surface area contributed by atoms with E-state index >= 15 is 0 Å². The number of ketones is 1. The van der Waals surface area contributed by atoms with E-state index in [0.29, 0.717) is 11.9 Å². The summed E-state index contributed by atoms with van der Waals surface area (Å²) in [7, 11) is 4.25. The van der Waals surface area contributed by atoms with Crippen LogP contribution in [0.2, 0.25) is 0 Å². The number of hydrogen-bond acceptors (Lipinski definition) is 3. The molecule has 0 atom stereocenters. The fourth-order valence-electron chi connectivity index (χ4n) is 3.67. The fraction of sp³-hybridized carbons (Fsp3) is 0.905. The second kappa shape index (κ2) is 11.7. The number of Topliss-reactive ketones (excluding diaryl/α,β-unsaturated/α-hetero) is 1. The number of carbonyl (C=O) groups is 2. The van der Waals surface area contributed by atoms with Crippen molar-refractivity contribution in [1.29, 1.82) is 0 Å². The van der Waals surface area contributed by atoms with Crippen molar-refractivity contribution in [3.63, 3.8) is 0 Å². The quantitative estimate of drug-likeness (QED) is 0.755. The smallest absolute Gasteiger partial charge is 0.225 e. The number of piperidine rings is 1. The lowest BCUT2D eigenvalue weighted by atomic mass is 9.76. The monoisotopic (exact) mass is 354 g/mol. The standard InChI is InChI=1S/C17H30N2O2.2C2H6/c1-13(20)17(2)9-11-19(12-10-17)16(21)14-5-7-15(8-6-14)18(3)4;2*1-2/h14-15H,5-12H2,1-4H3;2*1-2H3. The van der Waals surface area contributed by atoms with E-state index in [-0.39, 0.29) is 17.1 Å². The molecule has 4 heteroatoms. The molecule has 148 valence electrons. The van der Waals surface area contributed by atoms with Gasteiger partial charge >= 0.3 is 0 Å². The van der Waals surface area contributed by atoms with Crippen LogP contribution in [-0.4, -0.2) is 54.7 Å². The Morgan fingerprint density at radius 1 is 0.920 bits per heavy atom. The highest BCUT2D eigenvalue weighted by atomic mass is 16.2. The minimum atomic E-state index is -0.209. The molecule has 1 heterocycles. The van der Waals surface area contributed by atoms with Crippen LogP contribution in [-0.2, 0) is 9.59 Å². The van der Waals surface area contributed by atoms with Crippen LogP contribution in [0.4, 0.5) is 0 Å². The van der Waals surface area contributed by atoms with E-state index in [9.17, 15) is 9.59 Å². The van der Waals surface area contributed by atoms with Crippen LogP contribution in [0, 0.1) is 11.3 Å². The summed E-state index contributed by atoms with van der Waals surface area (Å²) in [4.78, 5) is 28.6. The molecule has 25 heavy (non-hydrogen) atoms. The average molecular weight is 355 g/mol. The number of likely N-dealkylation sites (tertiary alicyclic amines) is 1. The highest BCUT2D eigenvalue weighted by molar-refractivity contribution is 5.83. The molecule has 1 amide bonds. The van der Waals surface area contributed by atoms with Gasteiger partial charge in [-0.25, -0.2) is 0 Å². The lowest BCUT2D eigenvalue weighted by Gasteiger charge is -2.40. The van der Waals surface area contributed by atoms with Gasteiger partial charge in [-0.15, -0.1) is 0 Å². The normalized spacial score (nSPS) is 25.2. The maximum atomic E-state index is 12.6. The Morgan fingerprint density at radius 2 is 1.36 bits per heavy atom. The predicted octanol–water partition coefficient (Wildman–Crippen LogP) is 4.38. The number of rotatable bonds is 3. The summed E-state index contributed by atoms with van der Waals surface area (Å²) in [5, 5.41) is 0. The lowest BCUT2D eigenvalue weighted by Crippen LogP contribution is -2.47. The first-order valence-electron chi connectivity index (χ1n) is 10.3. The number of amides is 1. The summed E-state index contributed by atoms with van der Waals surface area (Å²) < 4.78 is 0. The van der Waals surface area contributed by atoms with Crippen molar-refractivity contribution in [3.8, 4) is 0 Å². The number of hydrogen-bond donors (Lipinski definition) is 0. The van der Waals surface area contributed by atoms with Crippen LogP contribution in [0.1, 0.15) is 80.1 Å². The van der Waals surface area contributed by atoms with Crippen LogP contribution in [0.5, 0.6) is 0 Å². The summed E-state index contributed by atoms with van der Waals surface area (Å²) >= 11 is 0. The second-order valence-electron chi connectivity index (χ2n) is 7.41. The minimum Gasteiger partial charge on any atom is -0.342 e. The zero-order valence-electron chi connectivity index (χ0n) is 18.0. The molecule has 1 aliphatic carbocycles. The van der Waals surface area contributed by atoms with Crippen molar-refractivity contribution in [2.45, 2.75) is 86.1 Å². The number of nitrogens with zero attached hydrogens (tertiary/aromatic N) is 2. The lowest BCUT2D eigenvalue weighted by molar-refractivity contribution is -0.142. The first-order chi connectivity index (χ1) is 11.8. The highest BCUT2D eigenvalue weighted by Crippen LogP contribution is 2.34. The molecule has 2 rings (SSSR count). The predicted molar refractivity (Wildman–Crippen MR) is 107 cm³/mol. The summed E-state index contributed by atoms with van der Waals surface area (Å²) in [6.07, 6.45) is 5.93. The van der Waals surface area contributed by atoms with Crippen molar-refractivity contribution in [1.82, 2.24) is 9.80 Å². The van der Waals surface area contributed by atoms with E-state index in [4.69, 9.17) is 0 Å². The summed E-state index contributed by atoms with van der Waals surface area (Å²) in [6, 6.07) is 0.636. The first-order valence-corrected chi connectivity index (χ1v) is 10.3. The van der Waals surface area contributed by atoms with E-state index < -0.39 is 0 Å². The third kappa shape index (κ3) is 6.73. The van der Waals surface area contributed by atoms with Gasteiger partial charge in [-0.3, -0.25) is 9.59 Å². The Bertz CT molecular complexity index is 391. The van der Waals surface area contributed by atoms with Crippen molar-refractivity contribution in [2.24, 2.45) is 11.3 Å². The average Bonchev–Trinajstić information content (AvgIpc) is 2.65. The van der Waals surface area contributed by atoms with Crippen molar-refractivity contribution in [3.05, 3.63) is 0 Å². The second-order valence-corrected chi connectivity index (χ2v) is 7.41. The first kappa shape index (κ1) is 24.1. The molecule has 4 nitrogen and oxygen atoms in total. The molecule has 0 aromatic carbocycles. The topological polar surface area (TPSA) is 40.6 Å². The van der Waals surface area contributed by atoms with Crippen molar-refractivity contribution in [2.75, 3.05) is 27.2 Å².